The summed E-state index contributed by atoms with van der Waals surface area (Å²) in [7, 11) is 0. The lowest BCUT2D eigenvalue weighted by Crippen LogP contribution is -2.44. The Hall–Kier alpha value is -2.90. The summed E-state index contributed by atoms with van der Waals surface area (Å²) in [6.45, 7) is 3.55. The van der Waals surface area contributed by atoms with E-state index in [0.29, 0.717) is 42.2 Å². The Morgan fingerprint density at radius 2 is 1.63 bits per heavy atom. The van der Waals surface area contributed by atoms with Gasteiger partial charge in [-0.2, -0.15) is 0 Å². The summed E-state index contributed by atoms with van der Waals surface area (Å²) in [5, 5.41) is 3.36. The molecule has 1 aromatic heterocycles. The van der Waals surface area contributed by atoms with E-state index in [1.807, 2.05) is 19.1 Å². The number of hydrogen-bond donors (Lipinski definition) is 1. The number of carbonyl (C=O) groups excluding carboxylic acids is 1. The van der Waals surface area contributed by atoms with Crippen LogP contribution in [0.1, 0.15) is 18.9 Å². The van der Waals surface area contributed by atoms with Crippen LogP contribution in [0.3, 0.4) is 0 Å². The second kappa shape index (κ2) is 10.2. The van der Waals surface area contributed by atoms with E-state index in [9.17, 15) is 14.4 Å². The zero-order valence-corrected chi connectivity index (χ0v) is 17.5. The molecule has 3 aromatic rings. The zero-order chi connectivity index (χ0) is 21.5. The fourth-order valence-corrected chi connectivity index (χ4v) is 3.33. The third-order valence-corrected chi connectivity index (χ3v) is 4.94. The first-order valence-corrected chi connectivity index (χ1v) is 10.2. The maximum Gasteiger partial charge on any atom is 0.317 e. The summed E-state index contributed by atoms with van der Waals surface area (Å²) in [5.41, 5.74) is 0.553. The summed E-state index contributed by atoms with van der Waals surface area (Å²) in [5.74, 6) is -0.325. The molecule has 0 saturated carbocycles. The van der Waals surface area contributed by atoms with Gasteiger partial charge in [0.15, 0.2) is 0 Å². The highest BCUT2D eigenvalue weighted by Crippen LogP contribution is 2.14. The fourth-order valence-electron chi connectivity index (χ4n) is 3.20. The molecule has 2 aromatic carbocycles. The number of nitrogens with one attached hydrogen (secondary N) is 1. The van der Waals surface area contributed by atoms with E-state index in [1.54, 1.807) is 36.4 Å². The molecule has 0 bridgehead atoms. The van der Waals surface area contributed by atoms with Crippen LogP contribution >= 0.6 is 11.6 Å². The molecule has 0 radical (unpaired) electrons. The van der Waals surface area contributed by atoms with Crippen LogP contribution in [0, 0.1) is 0 Å². The number of halogens is 1. The van der Waals surface area contributed by atoms with Crippen molar-refractivity contribution in [3.8, 4) is 0 Å². The summed E-state index contributed by atoms with van der Waals surface area (Å²) in [6, 6.07) is 14.2. The molecule has 0 aliphatic heterocycles. The predicted molar refractivity (Wildman–Crippen MR) is 117 cm³/mol. The van der Waals surface area contributed by atoms with E-state index >= 15 is 0 Å². The van der Waals surface area contributed by atoms with Gasteiger partial charge in [0.1, 0.15) is 6.54 Å². The molecule has 158 valence electrons. The molecular weight excluding hydrogens is 406 g/mol. The first kappa shape index (κ1) is 21.8. The third kappa shape index (κ3) is 5.17. The number of ether oxygens (including phenoxy) is 1. The quantitative estimate of drug-likeness (QED) is 0.418. The van der Waals surface area contributed by atoms with Crippen LogP contribution in [0.4, 0.5) is 0 Å². The SMILES string of the molecule is CCOCCCNC(=O)Cn1c(=O)c(=O)n(Cc2ccc(Cl)cc2)c2ccccc21. The Bertz CT molecular complexity index is 1140. The monoisotopic (exact) mass is 429 g/mol. The lowest BCUT2D eigenvalue weighted by atomic mass is 10.2. The molecule has 0 unspecified atom stereocenters. The van der Waals surface area contributed by atoms with Crippen molar-refractivity contribution < 1.29 is 9.53 Å². The normalized spacial score (nSPS) is 11.0. The summed E-state index contributed by atoms with van der Waals surface area (Å²) < 4.78 is 7.89. The number of hydrogen-bond acceptors (Lipinski definition) is 4. The largest absolute Gasteiger partial charge is 0.382 e. The summed E-state index contributed by atoms with van der Waals surface area (Å²) >= 11 is 5.93. The Kier molecular flexibility index (Phi) is 7.43. The smallest absolute Gasteiger partial charge is 0.317 e. The number of para-hydroxylation sites is 2. The first-order valence-electron chi connectivity index (χ1n) is 9.82. The molecule has 0 fully saturated rings. The number of rotatable bonds is 9. The second-order valence-electron chi connectivity index (χ2n) is 6.80. The van der Waals surface area contributed by atoms with E-state index in [0.717, 1.165) is 5.56 Å². The van der Waals surface area contributed by atoms with Crippen LogP contribution in [0.15, 0.2) is 58.1 Å². The molecule has 0 atom stereocenters. The first-order chi connectivity index (χ1) is 14.5. The number of fused-ring (bicyclic) bond motifs is 1. The van der Waals surface area contributed by atoms with Gasteiger partial charge in [-0.3, -0.25) is 23.5 Å². The van der Waals surface area contributed by atoms with Gasteiger partial charge in [0, 0.05) is 24.8 Å². The van der Waals surface area contributed by atoms with Gasteiger partial charge in [-0.25, -0.2) is 0 Å². The van der Waals surface area contributed by atoms with Crippen molar-refractivity contribution in [3.63, 3.8) is 0 Å². The van der Waals surface area contributed by atoms with Gasteiger partial charge in [0.2, 0.25) is 5.91 Å². The van der Waals surface area contributed by atoms with Gasteiger partial charge in [-0.05, 0) is 43.2 Å². The highest BCUT2D eigenvalue weighted by molar-refractivity contribution is 6.30. The molecule has 3 rings (SSSR count). The second-order valence-corrected chi connectivity index (χ2v) is 7.23. The zero-order valence-electron chi connectivity index (χ0n) is 16.8. The molecule has 0 spiro atoms. The molecule has 1 N–H and O–H groups in total. The molecule has 8 heteroatoms. The van der Waals surface area contributed by atoms with Crippen LogP contribution < -0.4 is 16.4 Å². The molecule has 0 aliphatic rings. The average Bonchev–Trinajstić information content (AvgIpc) is 2.75. The van der Waals surface area contributed by atoms with Crippen molar-refractivity contribution in [1.82, 2.24) is 14.5 Å². The fraction of sp³-hybridized carbons (Fsp3) is 0.318. The standard InChI is InChI=1S/C22H24ClN3O4/c1-2-30-13-5-12-24-20(27)15-26-19-7-4-3-6-18(19)25(21(28)22(26)29)14-16-8-10-17(23)11-9-16/h3-4,6-11H,2,5,12-15H2,1H3,(H,24,27). The van der Waals surface area contributed by atoms with Gasteiger partial charge in [-0.15, -0.1) is 0 Å². The molecule has 30 heavy (non-hydrogen) atoms. The number of aromatic nitrogens is 2. The van der Waals surface area contributed by atoms with Crippen LogP contribution in [-0.4, -0.2) is 34.8 Å². The van der Waals surface area contributed by atoms with Crippen molar-refractivity contribution >= 4 is 28.5 Å². The van der Waals surface area contributed by atoms with Gasteiger partial charge >= 0.3 is 11.1 Å². The summed E-state index contributed by atoms with van der Waals surface area (Å²) in [6.07, 6.45) is 0.678. The molecular formula is C22H24ClN3O4. The highest BCUT2D eigenvalue weighted by atomic mass is 35.5. The minimum Gasteiger partial charge on any atom is -0.382 e. The van der Waals surface area contributed by atoms with E-state index in [-0.39, 0.29) is 19.0 Å². The lowest BCUT2D eigenvalue weighted by Gasteiger charge is -2.15. The minimum atomic E-state index is -0.730. The Labute approximate surface area is 178 Å². The topological polar surface area (TPSA) is 82.3 Å². The van der Waals surface area contributed by atoms with Crippen molar-refractivity contribution in [3.05, 3.63) is 79.8 Å². The number of benzene rings is 2. The average molecular weight is 430 g/mol. The molecule has 0 saturated heterocycles. The van der Waals surface area contributed by atoms with Crippen molar-refractivity contribution in [1.29, 1.82) is 0 Å². The van der Waals surface area contributed by atoms with Crippen LogP contribution in [0.2, 0.25) is 5.02 Å². The van der Waals surface area contributed by atoms with E-state index in [2.05, 4.69) is 5.32 Å². The van der Waals surface area contributed by atoms with Crippen LogP contribution in [-0.2, 0) is 22.6 Å². The van der Waals surface area contributed by atoms with Gasteiger partial charge in [0.05, 0.1) is 17.6 Å². The molecule has 1 amide bonds. The van der Waals surface area contributed by atoms with Crippen molar-refractivity contribution in [2.45, 2.75) is 26.4 Å². The highest BCUT2D eigenvalue weighted by Gasteiger charge is 2.15. The van der Waals surface area contributed by atoms with Gasteiger partial charge < -0.3 is 10.1 Å². The maximum absolute atomic E-state index is 12.8. The van der Waals surface area contributed by atoms with Gasteiger partial charge in [0.25, 0.3) is 0 Å². The number of amides is 1. The molecule has 1 heterocycles. The lowest BCUT2D eigenvalue weighted by molar-refractivity contribution is -0.121. The number of carbonyl (C=O) groups is 1. The Balaban J connectivity index is 1.89. The number of nitrogens with zero attached hydrogens (tertiary/aromatic N) is 2. The van der Waals surface area contributed by atoms with Crippen LogP contribution in [0.5, 0.6) is 0 Å². The molecule has 7 nitrogen and oxygen atoms in total. The Morgan fingerprint density at radius 3 is 2.30 bits per heavy atom. The summed E-state index contributed by atoms with van der Waals surface area (Å²) in [4.78, 5) is 38.0. The predicted octanol–water partition coefficient (Wildman–Crippen LogP) is 2.41. The van der Waals surface area contributed by atoms with E-state index in [1.165, 1.54) is 9.13 Å². The minimum absolute atomic E-state index is 0.217. The maximum atomic E-state index is 12.8. The van der Waals surface area contributed by atoms with Gasteiger partial charge in [-0.1, -0.05) is 35.9 Å². The van der Waals surface area contributed by atoms with Crippen molar-refractivity contribution in [2.24, 2.45) is 0 Å². The Morgan fingerprint density at radius 1 is 1.00 bits per heavy atom. The van der Waals surface area contributed by atoms with E-state index in [4.69, 9.17) is 16.3 Å². The van der Waals surface area contributed by atoms with Crippen molar-refractivity contribution in [2.75, 3.05) is 19.8 Å². The van der Waals surface area contributed by atoms with E-state index < -0.39 is 11.1 Å². The third-order valence-electron chi connectivity index (χ3n) is 4.68. The van der Waals surface area contributed by atoms with Crippen LogP contribution in [0.25, 0.3) is 11.0 Å². The molecule has 0 aliphatic carbocycles.